The van der Waals surface area contributed by atoms with Crippen LogP contribution in [0.1, 0.15) is 65.4 Å². The molecule has 0 saturated heterocycles. The first-order valence-corrected chi connectivity index (χ1v) is 10.6. The summed E-state index contributed by atoms with van der Waals surface area (Å²) in [5.74, 6) is 0.573. The van der Waals surface area contributed by atoms with Crippen molar-refractivity contribution in [3.63, 3.8) is 0 Å². The number of benzene rings is 2. The molecule has 1 amide bonds. The minimum absolute atomic E-state index is 0.0163. The highest BCUT2D eigenvalue weighted by atomic mass is 16.5. The molecule has 0 saturated carbocycles. The van der Waals surface area contributed by atoms with Crippen molar-refractivity contribution < 1.29 is 13.7 Å². The summed E-state index contributed by atoms with van der Waals surface area (Å²) < 4.78 is 11.2. The third-order valence-electron chi connectivity index (χ3n) is 5.98. The molecule has 2 aromatic carbocycles. The van der Waals surface area contributed by atoms with Crippen molar-refractivity contribution in [2.45, 2.75) is 46.1 Å². The molecule has 0 fully saturated rings. The molecule has 0 N–H and O–H groups in total. The Kier molecular flexibility index (Phi) is 4.38. The molecule has 1 atom stereocenters. The molecule has 3 heterocycles. The van der Waals surface area contributed by atoms with E-state index in [-0.39, 0.29) is 16.6 Å². The largest absolute Gasteiger partial charge is 0.450 e. The summed E-state index contributed by atoms with van der Waals surface area (Å²) in [7, 11) is 0. The van der Waals surface area contributed by atoms with E-state index in [1.807, 2.05) is 37.3 Å². The quantitative estimate of drug-likeness (QED) is 0.425. The molecular formula is C26H24N2O4. The number of aryl methyl sites for hydroxylation is 2. The lowest BCUT2D eigenvalue weighted by atomic mass is 9.86. The van der Waals surface area contributed by atoms with Gasteiger partial charge in [0.1, 0.15) is 11.3 Å². The number of aromatic nitrogens is 1. The number of nitrogens with zero attached hydrogens (tertiary/aromatic N) is 2. The average molecular weight is 428 g/mol. The molecule has 32 heavy (non-hydrogen) atoms. The number of hydrogen-bond donors (Lipinski definition) is 0. The maximum Gasteiger partial charge on any atom is 0.296 e. The predicted octanol–water partition coefficient (Wildman–Crippen LogP) is 5.45. The summed E-state index contributed by atoms with van der Waals surface area (Å²) in [5.41, 5.74) is 3.43. The number of anilines is 1. The summed E-state index contributed by atoms with van der Waals surface area (Å²) in [6, 6.07) is 14.4. The summed E-state index contributed by atoms with van der Waals surface area (Å²) in [6.45, 7) is 10.1. The number of hydrogen-bond acceptors (Lipinski definition) is 5. The van der Waals surface area contributed by atoms with E-state index >= 15 is 0 Å². The van der Waals surface area contributed by atoms with Gasteiger partial charge in [-0.15, -0.1) is 0 Å². The standard InChI is InChI=1S/C26H24N2O4/c1-14-6-11-19-18(12-14)23(29)21-22(16-7-9-17(10-8-16)26(3,4)5)28(25(30)24(21)31-19)20-13-15(2)32-27-20/h6-13,22H,1-5H3/t22-/m0/s1. The van der Waals surface area contributed by atoms with Gasteiger partial charge in [0, 0.05) is 6.07 Å². The lowest BCUT2D eigenvalue weighted by molar-refractivity contribution is 0.0969. The van der Waals surface area contributed by atoms with Crippen molar-refractivity contribution in [3.05, 3.63) is 92.5 Å². The molecule has 0 unspecified atom stereocenters. The zero-order chi connectivity index (χ0) is 22.8. The van der Waals surface area contributed by atoms with Crippen LogP contribution in [-0.2, 0) is 5.41 Å². The van der Waals surface area contributed by atoms with Gasteiger partial charge < -0.3 is 8.94 Å². The molecule has 0 spiro atoms. The van der Waals surface area contributed by atoms with Crippen LogP contribution in [-0.4, -0.2) is 11.1 Å². The maximum absolute atomic E-state index is 13.6. The van der Waals surface area contributed by atoms with Gasteiger partial charge in [0.15, 0.2) is 11.2 Å². The van der Waals surface area contributed by atoms with Crippen LogP contribution in [0.3, 0.4) is 0 Å². The van der Waals surface area contributed by atoms with Gasteiger partial charge in [-0.3, -0.25) is 14.5 Å². The van der Waals surface area contributed by atoms with Crippen LogP contribution in [0.15, 0.2) is 62.3 Å². The van der Waals surface area contributed by atoms with Crippen LogP contribution in [0.5, 0.6) is 0 Å². The fourth-order valence-corrected chi connectivity index (χ4v) is 4.27. The Balaban J connectivity index is 1.77. The zero-order valence-corrected chi connectivity index (χ0v) is 18.7. The first kappa shape index (κ1) is 20.2. The SMILES string of the molecule is Cc1ccc2oc3c(c(=O)c2c1)[C@H](c1ccc(C(C)(C)C)cc1)N(c1cc(C)on1)C3=O. The van der Waals surface area contributed by atoms with Gasteiger partial charge in [0.25, 0.3) is 5.91 Å². The minimum Gasteiger partial charge on any atom is -0.450 e. The number of amides is 1. The molecule has 0 bridgehead atoms. The Hall–Kier alpha value is -3.67. The molecule has 0 aliphatic carbocycles. The van der Waals surface area contributed by atoms with Crippen LogP contribution >= 0.6 is 0 Å². The fourth-order valence-electron chi connectivity index (χ4n) is 4.27. The Labute approximate surface area is 185 Å². The van der Waals surface area contributed by atoms with Crippen molar-refractivity contribution >= 4 is 22.7 Å². The van der Waals surface area contributed by atoms with Crippen LogP contribution in [0.25, 0.3) is 11.0 Å². The molecule has 1 aliphatic heterocycles. The van der Waals surface area contributed by atoms with E-state index in [4.69, 9.17) is 8.94 Å². The molecule has 6 heteroatoms. The summed E-state index contributed by atoms with van der Waals surface area (Å²) in [6.07, 6.45) is 0. The van der Waals surface area contributed by atoms with E-state index in [0.717, 1.165) is 16.7 Å². The number of fused-ring (bicyclic) bond motifs is 2. The fraction of sp³-hybridized carbons (Fsp3) is 0.269. The molecular weight excluding hydrogens is 404 g/mol. The van der Waals surface area contributed by atoms with Gasteiger partial charge in [-0.1, -0.05) is 61.8 Å². The highest BCUT2D eigenvalue weighted by Gasteiger charge is 2.45. The van der Waals surface area contributed by atoms with Gasteiger partial charge in [-0.25, -0.2) is 0 Å². The second-order valence-corrected chi connectivity index (χ2v) is 9.42. The third-order valence-corrected chi connectivity index (χ3v) is 5.98. The van der Waals surface area contributed by atoms with Crippen molar-refractivity contribution in [2.24, 2.45) is 0 Å². The molecule has 162 valence electrons. The average Bonchev–Trinajstić information content (AvgIpc) is 3.29. The van der Waals surface area contributed by atoms with E-state index in [0.29, 0.717) is 28.1 Å². The molecule has 6 nitrogen and oxygen atoms in total. The van der Waals surface area contributed by atoms with E-state index in [2.05, 4.69) is 25.9 Å². The van der Waals surface area contributed by atoms with Crippen molar-refractivity contribution in [3.8, 4) is 0 Å². The first-order valence-electron chi connectivity index (χ1n) is 10.6. The van der Waals surface area contributed by atoms with Crippen LogP contribution in [0.2, 0.25) is 0 Å². The van der Waals surface area contributed by atoms with Gasteiger partial charge in [0.2, 0.25) is 5.76 Å². The molecule has 5 rings (SSSR count). The second kappa shape index (κ2) is 6.92. The zero-order valence-electron chi connectivity index (χ0n) is 18.7. The van der Waals surface area contributed by atoms with Crippen molar-refractivity contribution in [1.29, 1.82) is 0 Å². The topological polar surface area (TPSA) is 76.6 Å². The lowest BCUT2D eigenvalue weighted by Crippen LogP contribution is -2.29. The highest BCUT2D eigenvalue weighted by Crippen LogP contribution is 2.41. The second-order valence-electron chi connectivity index (χ2n) is 9.42. The molecule has 4 aromatic rings. The van der Waals surface area contributed by atoms with Gasteiger partial charge in [-0.05, 0) is 42.5 Å². The predicted molar refractivity (Wildman–Crippen MR) is 122 cm³/mol. The summed E-state index contributed by atoms with van der Waals surface area (Å²) in [5, 5.41) is 4.53. The number of carbonyl (C=O) groups excluding carboxylic acids is 1. The Morgan fingerprint density at radius 3 is 2.31 bits per heavy atom. The molecule has 1 aliphatic rings. The highest BCUT2D eigenvalue weighted by molar-refractivity contribution is 6.10. The minimum atomic E-state index is -0.655. The number of rotatable bonds is 2. The van der Waals surface area contributed by atoms with E-state index in [9.17, 15) is 9.59 Å². The first-order chi connectivity index (χ1) is 15.1. The van der Waals surface area contributed by atoms with Crippen LogP contribution in [0, 0.1) is 13.8 Å². The number of carbonyl (C=O) groups is 1. The van der Waals surface area contributed by atoms with Crippen molar-refractivity contribution in [2.75, 3.05) is 4.90 Å². The third kappa shape index (κ3) is 3.06. The van der Waals surface area contributed by atoms with Crippen LogP contribution in [0.4, 0.5) is 5.82 Å². The van der Waals surface area contributed by atoms with E-state index in [1.165, 1.54) is 4.90 Å². The Morgan fingerprint density at radius 1 is 0.969 bits per heavy atom. The molecule has 0 radical (unpaired) electrons. The maximum atomic E-state index is 13.6. The smallest absolute Gasteiger partial charge is 0.296 e. The van der Waals surface area contributed by atoms with Gasteiger partial charge in [-0.2, -0.15) is 0 Å². The normalized spacial score (nSPS) is 16.1. The monoisotopic (exact) mass is 428 g/mol. The van der Waals surface area contributed by atoms with Crippen molar-refractivity contribution in [1.82, 2.24) is 5.16 Å². The van der Waals surface area contributed by atoms with E-state index in [1.54, 1.807) is 25.1 Å². The summed E-state index contributed by atoms with van der Waals surface area (Å²) >= 11 is 0. The van der Waals surface area contributed by atoms with Gasteiger partial charge in [0.05, 0.1) is 17.0 Å². The Morgan fingerprint density at radius 2 is 1.69 bits per heavy atom. The lowest BCUT2D eigenvalue weighted by Gasteiger charge is -2.24. The molecule has 2 aromatic heterocycles. The van der Waals surface area contributed by atoms with Crippen LogP contribution < -0.4 is 10.3 Å². The summed E-state index contributed by atoms with van der Waals surface area (Å²) in [4.78, 5) is 28.6. The van der Waals surface area contributed by atoms with E-state index < -0.39 is 11.9 Å². The Bertz CT molecular complexity index is 1420. The van der Waals surface area contributed by atoms with Gasteiger partial charge >= 0.3 is 0 Å².